The van der Waals surface area contributed by atoms with E-state index < -0.39 is 0 Å². The molecular weight excluding hydrogens is 382 g/mol. The van der Waals surface area contributed by atoms with Crippen molar-refractivity contribution in [2.75, 3.05) is 16.8 Å². The number of hydrogen-bond acceptors (Lipinski definition) is 4. The number of nitrogens with zero attached hydrogens (tertiary/aromatic N) is 2. The third kappa shape index (κ3) is 4.03. The number of rotatable bonds is 4. The van der Waals surface area contributed by atoms with Crippen LogP contribution in [0.2, 0.25) is 0 Å². The normalized spacial score (nSPS) is 12.8. The number of hydrogen-bond donors (Lipinski definition) is 1. The first-order valence-electron chi connectivity index (χ1n) is 9.44. The van der Waals surface area contributed by atoms with Crippen molar-refractivity contribution < 1.29 is 9.59 Å². The largest absolute Gasteiger partial charge is 0.326 e. The number of carbonyl (C=O) groups excluding carboxylic acids is 2. The van der Waals surface area contributed by atoms with Crippen LogP contribution in [0.5, 0.6) is 0 Å². The number of nitrogens with one attached hydrogen (secondary N) is 1. The van der Waals surface area contributed by atoms with Crippen LogP contribution in [-0.2, 0) is 4.79 Å². The topological polar surface area (TPSA) is 62.3 Å². The molecule has 2 aromatic carbocycles. The van der Waals surface area contributed by atoms with Gasteiger partial charge in [0.2, 0.25) is 5.91 Å². The molecule has 29 heavy (non-hydrogen) atoms. The zero-order valence-electron chi connectivity index (χ0n) is 16.3. The Morgan fingerprint density at radius 2 is 1.93 bits per heavy atom. The molecule has 0 unspecified atom stereocenters. The lowest BCUT2D eigenvalue weighted by molar-refractivity contribution is -0.116. The van der Waals surface area contributed by atoms with Crippen molar-refractivity contribution in [1.29, 1.82) is 0 Å². The molecule has 0 spiro atoms. The zero-order chi connectivity index (χ0) is 20.4. The average Bonchev–Trinajstić information content (AvgIpc) is 2.83. The van der Waals surface area contributed by atoms with Gasteiger partial charge in [-0.25, -0.2) is 4.98 Å². The molecule has 0 radical (unpaired) electrons. The van der Waals surface area contributed by atoms with Crippen molar-refractivity contribution in [2.24, 2.45) is 0 Å². The van der Waals surface area contributed by atoms with E-state index in [1.807, 2.05) is 68.4 Å². The highest BCUT2D eigenvalue weighted by Gasteiger charge is 2.28. The molecule has 146 valence electrons. The van der Waals surface area contributed by atoms with Gasteiger partial charge in [-0.15, -0.1) is 0 Å². The molecule has 0 bridgehead atoms. The van der Waals surface area contributed by atoms with E-state index >= 15 is 0 Å². The van der Waals surface area contributed by atoms with E-state index in [9.17, 15) is 9.59 Å². The van der Waals surface area contributed by atoms with Gasteiger partial charge in [-0.1, -0.05) is 41.6 Å². The summed E-state index contributed by atoms with van der Waals surface area (Å²) in [5.74, 6) is -0.237. The van der Waals surface area contributed by atoms with Gasteiger partial charge in [0.15, 0.2) is 0 Å². The Morgan fingerprint density at radius 1 is 1.10 bits per heavy atom. The van der Waals surface area contributed by atoms with E-state index in [-0.39, 0.29) is 24.8 Å². The van der Waals surface area contributed by atoms with E-state index in [1.165, 1.54) is 11.8 Å². The van der Waals surface area contributed by atoms with E-state index in [2.05, 4.69) is 10.3 Å². The third-order valence-electron chi connectivity index (χ3n) is 4.83. The number of aromatic nitrogens is 1. The van der Waals surface area contributed by atoms with Crippen molar-refractivity contribution in [2.45, 2.75) is 30.2 Å². The molecule has 0 saturated heterocycles. The highest BCUT2D eigenvalue weighted by atomic mass is 32.2. The predicted molar refractivity (Wildman–Crippen MR) is 116 cm³/mol. The number of amides is 2. The zero-order valence-corrected chi connectivity index (χ0v) is 17.1. The van der Waals surface area contributed by atoms with Crippen molar-refractivity contribution >= 4 is 35.0 Å². The minimum atomic E-state index is -0.125. The number of benzene rings is 2. The Hall–Kier alpha value is -3.12. The van der Waals surface area contributed by atoms with Gasteiger partial charge in [0.1, 0.15) is 5.03 Å². The van der Waals surface area contributed by atoms with Crippen molar-refractivity contribution in [3.63, 3.8) is 0 Å². The number of anilines is 2. The molecular formula is C23H21N3O2S. The SMILES string of the molecule is Cc1ccc(NC(=O)CCN2C(=O)c3ccccc3Sc3ncccc32)c(C)c1. The molecule has 6 heteroatoms. The minimum absolute atomic E-state index is 0.112. The van der Waals surface area contributed by atoms with Gasteiger partial charge < -0.3 is 10.2 Å². The van der Waals surface area contributed by atoms with E-state index in [0.29, 0.717) is 5.56 Å². The monoisotopic (exact) mass is 403 g/mol. The first-order chi connectivity index (χ1) is 14.0. The minimum Gasteiger partial charge on any atom is -0.326 e. The van der Waals surface area contributed by atoms with Crippen molar-refractivity contribution in [3.05, 3.63) is 77.5 Å². The lowest BCUT2D eigenvalue weighted by Crippen LogP contribution is -2.34. The molecule has 1 aromatic heterocycles. The summed E-state index contributed by atoms with van der Waals surface area (Å²) in [6.07, 6.45) is 1.91. The molecule has 1 N–H and O–H groups in total. The summed E-state index contributed by atoms with van der Waals surface area (Å²) in [6, 6.07) is 17.1. The van der Waals surface area contributed by atoms with Gasteiger partial charge in [0.05, 0.1) is 11.3 Å². The average molecular weight is 404 g/mol. The fourth-order valence-corrected chi connectivity index (χ4v) is 4.38. The van der Waals surface area contributed by atoms with Crippen LogP contribution in [0.25, 0.3) is 0 Å². The molecule has 0 aliphatic carbocycles. The Kier molecular flexibility index (Phi) is 5.36. The van der Waals surface area contributed by atoms with Gasteiger partial charge >= 0.3 is 0 Å². The Labute approximate surface area is 174 Å². The summed E-state index contributed by atoms with van der Waals surface area (Å²) in [5, 5.41) is 3.72. The first kappa shape index (κ1) is 19.2. The summed E-state index contributed by atoms with van der Waals surface area (Å²) in [4.78, 5) is 32.8. The smallest absolute Gasteiger partial charge is 0.259 e. The lowest BCUT2D eigenvalue weighted by Gasteiger charge is -2.22. The van der Waals surface area contributed by atoms with Gasteiger partial charge in [-0.2, -0.15) is 0 Å². The highest BCUT2D eigenvalue weighted by molar-refractivity contribution is 7.99. The molecule has 2 heterocycles. The van der Waals surface area contributed by atoms with Crippen LogP contribution in [0.15, 0.2) is 70.7 Å². The fourth-order valence-electron chi connectivity index (χ4n) is 3.36. The molecule has 1 aliphatic rings. The van der Waals surface area contributed by atoms with E-state index in [1.54, 1.807) is 11.1 Å². The molecule has 0 fully saturated rings. The summed E-state index contributed by atoms with van der Waals surface area (Å²) < 4.78 is 0. The summed E-state index contributed by atoms with van der Waals surface area (Å²) in [6.45, 7) is 4.27. The maximum atomic E-state index is 13.2. The second kappa shape index (κ2) is 8.09. The van der Waals surface area contributed by atoms with Crippen molar-refractivity contribution in [1.82, 2.24) is 4.98 Å². The summed E-state index contributed by atoms with van der Waals surface area (Å²) in [5.41, 5.74) is 4.33. The van der Waals surface area contributed by atoms with E-state index in [4.69, 9.17) is 0 Å². The molecule has 2 amide bonds. The number of aryl methyl sites for hydroxylation is 2. The maximum Gasteiger partial charge on any atom is 0.259 e. The lowest BCUT2D eigenvalue weighted by atomic mass is 10.1. The van der Waals surface area contributed by atoms with Gasteiger partial charge in [-0.05, 0) is 49.7 Å². The Morgan fingerprint density at radius 3 is 2.76 bits per heavy atom. The van der Waals surface area contributed by atoms with Crippen LogP contribution in [-0.4, -0.2) is 23.3 Å². The molecule has 5 nitrogen and oxygen atoms in total. The summed E-state index contributed by atoms with van der Waals surface area (Å²) in [7, 11) is 0. The van der Waals surface area contributed by atoms with Crippen LogP contribution in [0, 0.1) is 13.8 Å². The molecule has 4 rings (SSSR count). The van der Waals surface area contributed by atoms with Gasteiger partial charge in [0, 0.05) is 29.7 Å². The second-order valence-electron chi connectivity index (χ2n) is 7.00. The van der Waals surface area contributed by atoms with Gasteiger partial charge in [0.25, 0.3) is 5.91 Å². The molecule has 3 aromatic rings. The highest BCUT2D eigenvalue weighted by Crippen LogP contribution is 2.39. The maximum absolute atomic E-state index is 13.2. The van der Waals surface area contributed by atoms with Gasteiger partial charge in [-0.3, -0.25) is 9.59 Å². The first-order valence-corrected chi connectivity index (χ1v) is 10.3. The van der Waals surface area contributed by atoms with Crippen LogP contribution < -0.4 is 10.2 Å². The van der Waals surface area contributed by atoms with Crippen LogP contribution in [0.4, 0.5) is 11.4 Å². The number of pyridine rings is 1. The summed E-state index contributed by atoms with van der Waals surface area (Å²) >= 11 is 1.48. The Balaban J connectivity index is 1.55. The molecule has 0 saturated carbocycles. The van der Waals surface area contributed by atoms with E-state index in [0.717, 1.165) is 32.4 Å². The van der Waals surface area contributed by atoms with Crippen LogP contribution >= 0.6 is 11.8 Å². The fraction of sp³-hybridized carbons (Fsp3) is 0.174. The second-order valence-corrected chi connectivity index (χ2v) is 8.03. The quantitative estimate of drug-likeness (QED) is 0.677. The van der Waals surface area contributed by atoms with Crippen LogP contribution in [0.1, 0.15) is 27.9 Å². The number of carbonyl (C=O) groups is 2. The third-order valence-corrected chi connectivity index (χ3v) is 5.91. The molecule has 0 atom stereocenters. The Bertz CT molecular complexity index is 1100. The van der Waals surface area contributed by atoms with Crippen LogP contribution in [0.3, 0.4) is 0 Å². The predicted octanol–water partition coefficient (Wildman–Crippen LogP) is 4.84. The van der Waals surface area contributed by atoms with Crippen molar-refractivity contribution in [3.8, 4) is 0 Å². The molecule has 1 aliphatic heterocycles. The standard InChI is InChI=1S/C23H21N3O2S/c1-15-9-10-18(16(2)14-15)25-21(27)11-13-26-19-7-5-12-24-22(19)29-20-8-4-3-6-17(20)23(26)28/h3-10,12,14H,11,13H2,1-2H3,(H,25,27). The number of fused-ring (bicyclic) bond motifs is 2.